The lowest BCUT2D eigenvalue weighted by molar-refractivity contribution is 0.0197. The lowest BCUT2D eigenvalue weighted by atomic mass is 9.94. The Bertz CT molecular complexity index is 1020. The van der Waals surface area contributed by atoms with Gasteiger partial charge in [0.05, 0.1) is 11.9 Å². The molecule has 0 aliphatic carbocycles. The van der Waals surface area contributed by atoms with Crippen LogP contribution in [0.1, 0.15) is 45.2 Å². The number of aromatic nitrogens is 3. The van der Waals surface area contributed by atoms with E-state index in [0.29, 0.717) is 18.9 Å². The van der Waals surface area contributed by atoms with Crippen molar-refractivity contribution in [1.82, 2.24) is 19.3 Å². The van der Waals surface area contributed by atoms with Gasteiger partial charge in [-0.25, -0.2) is 19.2 Å². The van der Waals surface area contributed by atoms with Gasteiger partial charge in [-0.15, -0.1) is 0 Å². The number of carbonyl (C=O) groups is 1. The monoisotopic (exact) mass is 396 g/mol. The first-order chi connectivity index (χ1) is 13.8. The third kappa shape index (κ3) is 4.09. The predicted molar refractivity (Wildman–Crippen MR) is 108 cm³/mol. The van der Waals surface area contributed by atoms with Crippen LogP contribution in [0.2, 0.25) is 0 Å². The molecule has 29 heavy (non-hydrogen) atoms. The fraction of sp³-hybridized carbons (Fsp3) is 0.409. The SMILES string of the molecule is CC(C)(C)OC(=O)N1CCC[C@@H](c2ccnc3ncc(-c4ccc(F)cc4)n23)C1. The van der Waals surface area contributed by atoms with Gasteiger partial charge in [-0.1, -0.05) is 0 Å². The number of fused-ring (bicyclic) bond motifs is 1. The van der Waals surface area contributed by atoms with Crippen molar-refractivity contribution < 1.29 is 13.9 Å². The summed E-state index contributed by atoms with van der Waals surface area (Å²) in [4.78, 5) is 23.1. The number of hydrogen-bond acceptors (Lipinski definition) is 4. The van der Waals surface area contributed by atoms with Crippen molar-refractivity contribution in [3.63, 3.8) is 0 Å². The average molecular weight is 396 g/mol. The maximum Gasteiger partial charge on any atom is 0.410 e. The zero-order valence-electron chi connectivity index (χ0n) is 16.9. The second kappa shape index (κ2) is 7.46. The summed E-state index contributed by atoms with van der Waals surface area (Å²) in [6.45, 7) is 6.89. The molecule has 6 nitrogen and oxygen atoms in total. The minimum atomic E-state index is -0.520. The molecule has 1 aromatic carbocycles. The van der Waals surface area contributed by atoms with Crippen LogP contribution in [0, 0.1) is 5.82 Å². The predicted octanol–water partition coefficient (Wildman–Crippen LogP) is 4.65. The molecule has 0 unspecified atom stereocenters. The van der Waals surface area contributed by atoms with Crippen LogP contribution in [-0.2, 0) is 4.74 Å². The van der Waals surface area contributed by atoms with Gasteiger partial charge in [0, 0.05) is 36.5 Å². The molecule has 3 heterocycles. The topological polar surface area (TPSA) is 59.7 Å². The molecule has 0 saturated carbocycles. The molecule has 7 heteroatoms. The number of likely N-dealkylation sites (tertiary alicyclic amines) is 1. The number of carbonyl (C=O) groups excluding carboxylic acids is 1. The molecule has 1 aliphatic rings. The van der Waals surface area contributed by atoms with E-state index in [1.807, 2.05) is 31.2 Å². The fourth-order valence-corrected chi connectivity index (χ4v) is 3.80. The van der Waals surface area contributed by atoms with E-state index in [0.717, 1.165) is 29.8 Å². The number of ether oxygens (including phenoxy) is 1. The number of halogens is 1. The first-order valence-electron chi connectivity index (χ1n) is 9.88. The molecule has 152 valence electrons. The molecular formula is C22H25FN4O2. The van der Waals surface area contributed by atoms with E-state index in [1.165, 1.54) is 12.1 Å². The molecule has 0 bridgehead atoms. The Morgan fingerprint density at radius 1 is 1.17 bits per heavy atom. The van der Waals surface area contributed by atoms with Crippen LogP contribution in [0.4, 0.5) is 9.18 Å². The van der Waals surface area contributed by atoms with Crippen LogP contribution in [0.5, 0.6) is 0 Å². The molecule has 0 spiro atoms. The van der Waals surface area contributed by atoms with E-state index in [4.69, 9.17) is 4.74 Å². The molecule has 0 N–H and O–H groups in total. The van der Waals surface area contributed by atoms with Gasteiger partial charge in [0.25, 0.3) is 0 Å². The first kappa shape index (κ1) is 19.4. The summed E-state index contributed by atoms with van der Waals surface area (Å²) in [5, 5.41) is 0. The second-order valence-corrected chi connectivity index (χ2v) is 8.42. The standard InChI is InChI=1S/C22H25FN4O2/c1-22(2,3)29-21(28)26-12-4-5-16(14-26)18-10-11-24-20-25-13-19(27(18)20)15-6-8-17(23)9-7-15/h6-11,13,16H,4-5,12,14H2,1-3H3/t16-/m1/s1. The Morgan fingerprint density at radius 2 is 1.93 bits per heavy atom. The van der Waals surface area contributed by atoms with Crippen LogP contribution in [0.3, 0.4) is 0 Å². The molecule has 1 atom stereocenters. The van der Waals surface area contributed by atoms with E-state index < -0.39 is 5.60 Å². The summed E-state index contributed by atoms with van der Waals surface area (Å²) in [6, 6.07) is 8.34. The van der Waals surface area contributed by atoms with Crippen LogP contribution in [0.25, 0.3) is 17.0 Å². The quantitative estimate of drug-likeness (QED) is 0.633. The number of piperidine rings is 1. The third-order valence-electron chi connectivity index (χ3n) is 5.07. The minimum absolute atomic E-state index is 0.134. The van der Waals surface area contributed by atoms with Crippen molar-refractivity contribution in [2.75, 3.05) is 13.1 Å². The summed E-state index contributed by atoms with van der Waals surface area (Å²) in [7, 11) is 0. The lowest BCUT2D eigenvalue weighted by Gasteiger charge is -2.34. The van der Waals surface area contributed by atoms with E-state index in [9.17, 15) is 9.18 Å². The molecule has 2 aromatic heterocycles. The van der Waals surface area contributed by atoms with E-state index in [1.54, 1.807) is 29.4 Å². The average Bonchev–Trinajstić information content (AvgIpc) is 3.12. The van der Waals surface area contributed by atoms with Crippen molar-refractivity contribution in [2.24, 2.45) is 0 Å². The van der Waals surface area contributed by atoms with Crippen LogP contribution in [0.15, 0.2) is 42.7 Å². The van der Waals surface area contributed by atoms with Gasteiger partial charge in [0.1, 0.15) is 11.4 Å². The number of imidazole rings is 1. The lowest BCUT2D eigenvalue weighted by Crippen LogP contribution is -2.42. The molecule has 1 fully saturated rings. The number of hydrogen-bond donors (Lipinski definition) is 0. The maximum atomic E-state index is 13.4. The maximum absolute atomic E-state index is 13.4. The fourth-order valence-electron chi connectivity index (χ4n) is 3.80. The Balaban J connectivity index is 1.68. The Hall–Kier alpha value is -2.96. The van der Waals surface area contributed by atoms with Gasteiger partial charge in [0.15, 0.2) is 0 Å². The van der Waals surface area contributed by atoms with Crippen molar-refractivity contribution in [2.45, 2.75) is 45.1 Å². The summed E-state index contributed by atoms with van der Waals surface area (Å²) in [5.74, 6) is 0.451. The van der Waals surface area contributed by atoms with E-state index >= 15 is 0 Å². The van der Waals surface area contributed by atoms with Crippen molar-refractivity contribution in [3.8, 4) is 11.3 Å². The normalized spacial score (nSPS) is 17.5. The number of rotatable bonds is 2. The second-order valence-electron chi connectivity index (χ2n) is 8.42. The highest BCUT2D eigenvalue weighted by molar-refractivity contribution is 5.68. The Kier molecular flexibility index (Phi) is 4.98. The van der Waals surface area contributed by atoms with Gasteiger partial charge in [0.2, 0.25) is 5.78 Å². The van der Waals surface area contributed by atoms with Crippen LogP contribution in [-0.4, -0.2) is 44.1 Å². The number of amides is 1. The third-order valence-corrected chi connectivity index (χ3v) is 5.07. The Morgan fingerprint density at radius 3 is 2.66 bits per heavy atom. The summed E-state index contributed by atoms with van der Waals surface area (Å²) >= 11 is 0. The summed E-state index contributed by atoms with van der Waals surface area (Å²) in [6.07, 6.45) is 5.08. The molecule has 1 amide bonds. The Labute approximate surface area is 169 Å². The van der Waals surface area contributed by atoms with E-state index in [2.05, 4.69) is 9.97 Å². The van der Waals surface area contributed by atoms with Crippen molar-refractivity contribution >= 4 is 11.9 Å². The zero-order valence-corrected chi connectivity index (χ0v) is 16.9. The van der Waals surface area contributed by atoms with Gasteiger partial charge in [-0.3, -0.25) is 4.40 Å². The molecule has 4 rings (SSSR count). The van der Waals surface area contributed by atoms with Crippen LogP contribution >= 0.6 is 0 Å². The highest BCUT2D eigenvalue weighted by Crippen LogP contribution is 2.31. The zero-order chi connectivity index (χ0) is 20.6. The summed E-state index contributed by atoms with van der Waals surface area (Å²) in [5.41, 5.74) is 2.25. The minimum Gasteiger partial charge on any atom is -0.444 e. The number of benzene rings is 1. The largest absolute Gasteiger partial charge is 0.444 e. The van der Waals surface area contributed by atoms with Crippen LogP contribution < -0.4 is 0 Å². The van der Waals surface area contributed by atoms with Gasteiger partial charge >= 0.3 is 6.09 Å². The highest BCUT2D eigenvalue weighted by Gasteiger charge is 2.30. The molecular weight excluding hydrogens is 371 g/mol. The smallest absolute Gasteiger partial charge is 0.410 e. The molecule has 0 radical (unpaired) electrons. The molecule has 1 aliphatic heterocycles. The van der Waals surface area contributed by atoms with Crippen molar-refractivity contribution in [3.05, 3.63) is 54.2 Å². The van der Waals surface area contributed by atoms with Gasteiger partial charge in [-0.05, 0) is 63.9 Å². The van der Waals surface area contributed by atoms with E-state index in [-0.39, 0.29) is 17.8 Å². The highest BCUT2D eigenvalue weighted by atomic mass is 19.1. The first-order valence-corrected chi connectivity index (χ1v) is 9.88. The van der Waals surface area contributed by atoms with Crippen molar-refractivity contribution in [1.29, 1.82) is 0 Å². The number of nitrogens with zero attached hydrogens (tertiary/aromatic N) is 4. The van der Waals surface area contributed by atoms with Gasteiger partial charge < -0.3 is 9.64 Å². The molecule has 3 aromatic rings. The van der Waals surface area contributed by atoms with Gasteiger partial charge in [-0.2, -0.15) is 0 Å². The summed E-state index contributed by atoms with van der Waals surface area (Å²) < 4.78 is 20.9. The molecule has 1 saturated heterocycles.